The molecular formula is C17H21NO2. The monoisotopic (exact) mass is 271 g/mol. The number of phenols is 2. The van der Waals surface area contributed by atoms with Gasteiger partial charge in [0.05, 0.1) is 0 Å². The predicted octanol–water partition coefficient (Wildman–Crippen LogP) is 3.40. The van der Waals surface area contributed by atoms with E-state index in [2.05, 4.69) is 6.08 Å². The van der Waals surface area contributed by atoms with Crippen molar-refractivity contribution in [1.82, 2.24) is 0 Å². The quantitative estimate of drug-likeness (QED) is 0.590. The third-order valence-corrected chi connectivity index (χ3v) is 3.72. The highest BCUT2D eigenvalue weighted by Crippen LogP contribution is 2.39. The lowest BCUT2D eigenvalue weighted by Crippen LogP contribution is -1.99. The Balaban J connectivity index is 2.51. The van der Waals surface area contributed by atoms with Gasteiger partial charge in [0, 0.05) is 16.3 Å². The zero-order valence-electron chi connectivity index (χ0n) is 12.0. The van der Waals surface area contributed by atoms with Crippen molar-refractivity contribution in [3.05, 3.63) is 47.0 Å². The Morgan fingerprint density at radius 2 is 1.75 bits per heavy atom. The second-order valence-electron chi connectivity index (χ2n) is 5.14. The lowest BCUT2D eigenvalue weighted by molar-refractivity contribution is 0.461. The molecule has 0 aliphatic heterocycles. The van der Waals surface area contributed by atoms with Gasteiger partial charge >= 0.3 is 0 Å². The molecule has 0 radical (unpaired) electrons. The van der Waals surface area contributed by atoms with Gasteiger partial charge < -0.3 is 15.9 Å². The molecule has 0 heterocycles. The highest BCUT2D eigenvalue weighted by atomic mass is 16.3. The van der Waals surface area contributed by atoms with Gasteiger partial charge in [0.25, 0.3) is 0 Å². The summed E-state index contributed by atoms with van der Waals surface area (Å²) in [7, 11) is 0. The molecule has 0 unspecified atom stereocenters. The van der Waals surface area contributed by atoms with Gasteiger partial charge in [-0.1, -0.05) is 35.9 Å². The molecule has 2 rings (SSSR count). The molecule has 4 N–H and O–H groups in total. The second-order valence-corrected chi connectivity index (χ2v) is 5.14. The fourth-order valence-electron chi connectivity index (χ4n) is 2.44. The smallest absolute Gasteiger partial charge is 0.127 e. The summed E-state index contributed by atoms with van der Waals surface area (Å²) in [5.74, 6) is 0.506. The van der Waals surface area contributed by atoms with Crippen LogP contribution in [0.5, 0.6) is 11.5 Å². The van der Waals surface area contributed by atoms with Gasteiger partial charge in [-0.25, -0.2) is 0 Å². The van der Waals surface area contributed by atoms with E-state index >= 15 is 0 Å². The van der Waals surface area contributed by atoms with Crippen LogP contribution in [0.3, 0.4) is 0 Å². The first-order chi connectivity index (χ1) is 9.56. The summed E-state index contributed by atoms with van der Waals surface area (Å²) >= 11 is 0. The summed E-state index contributed by atoms with van der Waals surface area (Å²) < 4.78 is 0. The van der Waals surface area contributed by atoms with Crippen molar-refractivity contribution >= 4 is 10.8 Å². The Bertz CT molecular complexity index is 660. The molecule has 0 spiro atoms. The number of rotatable bonds is 4. The fourth-order valence-corrected chi connectivity index (χ4v) is 2.44. The highest BCUT2D eigenvalue weighted by molar-refractivity contribution is 5.95. The number of phenolic OH excluding ortho intramolecular Hbond substituents is 2. The maximum atomic E-state index is 10.4. The first-order valence-electron chi connectivity index (χ1n) is 6.84. The van der Waals surface area contributed by atoms with Crippen LogP contribution in [0.4, 0.5) is 0 Å². The van der Waals surface area contributed by atoms with Gasteiger partial charge in [0.1, 0.15) is 11.5 Å². The first kappa shape index (κ1) is 14.4. The van der Waals surface area contributed by atoms with Crippen molar-refractivity contribution in [2.24, 2.45) is 5.73 Å². The molecule has 20 heavy (non-hydrogen) atoms. The first-order valence-corrected chi connectivity index (χ1v) is 6.84. The highest BCUT2D eigenvalue weighted by Gasteiger charge is 2.14. The van der Waals surface area contributed by atoms with Crippen molar-refractivity contribution < 1.29 is 10.2 Å². The standard InChI is InChI=1S/C17H21NO2/c1-11(9-10-18)7-8-13-12(2)16(19)14-5-3-4-6-15(14)17(13)20/h3-7,19-20H,8-10,18H2,1-2H3/b11-7+. The molecule has 0 fully saturated rings. The van der Waals surface area contributed by atoms with E-state index in [1.165, 1.54) is 5.57 Å². The second kappa shape index (κ2) is 5.97. The minimum atomic E-state index is 0.248. The fraction of sp³-hybridized carbons (Fsp3) is 0.294. The minimum Gasteiger partial charge on any atom is -0.507 e. The molecule has 3 nitrogen and oxygen atoms in total. The Morgan fingerprint density at radius 1 is 1.15 bits per heavy atom. The van der Waals surface area contributed by atoms with Crippen molar-refractivity contribution in [2.75, 3.05) is 6.54 Å². The molecule has 0 aliphatic rings. The van der Waals surface area contributed by atoms with E-state index in [-0.39, 0.29) is 11.5 Å². The summed E-state index contributed by atoms with van der Waals surface area (Å²) in [5.41, 5.74) is 8.23. The Hall–Kier alpha value is -2.00. The largest absolute Gasteiger partial charge is 0.507 e. The lowest BCUT2D eigenvalue weighted by atomic mass is 9.96. The molecule has 0 aromatic heterocycles. The average Bonchev–Trinajstić information content (AvgIpc) is 2.45. The normalized spacial score (nSPS) is 12.1. The van der Waals surface area contributed by atoms with E-state index in [9.17, 15) is 10.2 Å². The minimum absolute atomic E-state index is 0.248. The van der Waals surface area contributed by atoms with Crippen molar-refractivity contribution in [3.8, 4) is 11.5 Å². The summed E-state index contributed by atoms with van der Waals surface area (Å²) in [6.45, 7) is 4.49. The van der Waals surface area contributed by atoms with Crippen LogP contribution in [0.1, 0.15) is 24.5 Å². The third kappa shape index (κ3) is 2.63. The molecule has 0 amide bonds. The van der Waals surface area contributed by atoms with Crippen LogP contribution in [0, 0.1) is 6.92 Å². The van der Waals surface area contributed by atoms with E-state index in [1.807, 2.05) is 38.1 Å². The molecule has 0 atom stereocenters. The van der Waals surface area contributed by atoms with Crippen LogP contribution in [0.2, 0.25) is 0 Å². The van der Waals surface area contributed by atoms with Gasteiger partial charge in [-0.2, -0.15) is 0 Å². The van der Waals surface area contributed by atoms with E-state index in [1.54, 1.807) is 0 Å². The maximum Gasteiger partial charge on any atom is 0.127 e. The molecule has 0 bridgehead atoms. The summed E-state index contributed by atoms with van der Waals surface area (Å²) in [4.78, 5) is 0. The van der Waals surface area contributed by atoms with Crippen LogP contribution in [-0.4, -0.2) is 16.8 Å². The van der Waals surface area contributed by atoms with Crippen LogP contribution in [0.15, 0.2) is 35.9 Å². The average molecular weight is 271 g/mol. The Morgan fingerprint density at radius 3 is 2.35 bits per heavy atom. The number of allylic oxidation sites excluding steroid dienone is 1. The molecule has 3 heteroatoms. The van der Waals surface area contributed by atoms with Crippen molar-refractivity contribution in [1.29, 1.82) is 0 Å². The number of aromatic hydroxyl groups is 2. The Labute approximate surface area is 119 Å². The van der Waals surface area contributed by atoms with Crippen molar-refractivity contribution in [2.45, 2.75) is 26.7 Å². The predicted molar refractivity (Wildman–Crippen MR) is 83.1 cm³/mol. The molecular weight excluding hydrogens is 250 g/mol. The third-order valence-electron chi connectivity index (χ3n) is 3.72. The van der Waals surface area contributed by atoms with Gasteiger partial charge in [-0.3, -0.25) is 0 Å². The molecule has 106 valence electrons. The molecule has 0 saturated heterocycles. The summed E-state index contributed by atoms with van der Waals surface area (Å²) in [6, 6.07) is 7.35. The summed E-state index contributed by atoms with van der Waals surface area (Å²) in [6.07, 6.45) is 3.50. The van der Waals surface area contributed by atoms with Gasteiger partial charge in [0.15, 0.2) is 0 Å². The number of benzene rings is 2. The molecule has 2 aromatic carbocycles. The lowest BCUT2D eigenvalue weighted by Gasteiger charge is -2.13. The Kier molecular flexibility index (Phi) is 4.30. The van der Waals surface area contributed by atoms with E-state index in [0.717, 1.165) is 17.5 Å². The van der Waals surface area contributed by atoms with Crippen LogP contribution < -0.4 is 5.73 Å². The number of nitrogens with two attached hydrogens (primary N) is 1. The number of fused-ring (bicyclic) bond motifs is 1. The zero-order chi connectivity index (χ0) is 14.7. The maximum absolute atomic E-state index is 10.4. The molecule has 2 aromatic rings. The van der Waals surface area contributed by atoms with Gasteiger partial charge in [-0.05, 0) is 38.8 Å². The van der Waals surface area contributed by atoms with Gasteiger partial charge in [-0.15, -0.1) is 0 Å². The van der Waals surface area contributed by atoms with E-state index in [0.29, 0.717) is 23.7 Å². The van der Waals surface area contributed by atoms with E-state index < -0.39 is 0 Å². The zero-order valence-corrected chi connectivity index (χ0v) is 12.0. The van der Waals surface area contributed by atoms with Crippen LogP contribution >= 0.6 is 0 Å². The number of hydrogen-bond acceptors (Lipinski definition) is 3. The van der Waals surface area contributed by atoms with Crippen LogP contribution in [0.25, 0.3) is 10.8 Å². The van der Waals surface area contributed by atoms with E-state index in [4.69, 9.17) is 5.73 Å². The van der Waals surface area contributed by atoms with Crippen molar-refractivity contribution in [3.63, 3.8) is 0 Å². The van der Waals surface area contributed by atoms with Crippen LogP contribution in [-0.2, 0) is 6.42 Å². The molecule has 0 saturated carbocycles. The topological polar surface area (TPSA) is 66.5 Å². The summed E-state index contributed by atoms with van der Waals surface area (Å²) in [5, 5.41) is 22.1. The SMILES string of the molecule is C/C(=C\Cc1c(C)c(O)c2ccccc2c1O)CCN. The van der Waals surface area contributed by atoms with Gasteiger partial charge in [0.2, 0.25) is 0 Å². The number of hydrogen-bond donors (Lipinski definition) is 3. The molecule has 0 aliphatic carbocycles.